The number of fused-ring (bicyclic) bond motifs is 1. The van der Waals surface area contributed by atoms with Crippen LogP contribution in [0, 0.1) is 6.92 Å². The van der Waals surface area contributed by atoms with E-state index in [2.05, 4.69) is 31.0 Å². The maximum absolute atomic E-state index is 10.3. The van der Waals surface area contributed by atoms with Crippen molar-refractivity contribution in [1.29, 1.82) is 0 Å². The molecule has 0 unspecified atom stereocenters. The van der Waals surface area contributed by atoms with Gasteiger partial charge in [0.05, 0.1) is 0 Å². The molecule has 1 aromatic heterocycles. The number of aryl methyl sites for hydroxylation is 2. The lowest BCUT2D eigenvalue weighted by atomic mass is 10.1. The van der Waals surface area contributed by atoms with Crippen LogP contribution in [0.5, 0.6) is 5.75 Å². The number of benzene rings is 2. The Balaban J connectivity index is 0.000000396. The summed E-state index contributed by atoms with van der Waals surface area (Å²) >= 11 is 5.97. The van der Waals surface area contributed by atoms with Gasteiger partial charge in [-0.3, -0.25) is 0 Å². The van der Waals surface area contributed by atoms with Crippen LogP contribution in [0.4, 0.5) is 0 Å². The van der Waals surface area contributed by atoms with Gasteiger partial charge in [-0.25, -0.2) is 0 Å². The Morgan fingerprint density at radius 1 is 0.812 bits per heavy atom. The molecule has 0 aliphatic carbocycles. The van der Waals surface area contributed by atoms with Crippen molar-refractivity contribution in [2.75, 3.05) is 0 Å². The molecule has 0 fully saturated rings. The van der Waals surface area contributed by atoms with Crippen molar-refractivity contribution in [3.8, 4) is 11.4 Å². The van der Waals surface area contributed by atoms with E-state index < -0.39 is 0 Å². The van der Waals surface area contributed by atoms with Crippen LogP contribution in [-0.4, -0.2) is 20.1 Å². The Hall–Kier alpha value is -2.07. The molecular weight excluding hydrogens is 418 g/mol. The zero-order valence-corrected chi connectivity index (χ0v) is 21.7. The summed E-state index contributed by atoms with van der Waals surface area (Å²) in [7, 11) is 0. The summed E-state index contributed by atoms with van der Waals surface area (Å²) in [6.45, 7) is 12.5. The third-order valence-electron chi connectivity index (χ3n) is 5.14. The lowest BCUT2D eigenvalue weighted by molar-refractivity contribution is 0.463. The van der Waals surface area contributed by atoms with Gasteiger partial charge in [0.2, 0.25) is 0 Å². The number of aromatic hydroxyl groups is 1. The van der Waals surface area contributed by atoms with Crippen molar-refractivity contribution in [3.05, 3.63) is 46.5 Å². The maximum Gasteiger partial charge on any atom is 0.146 e. The van der Waals surface area contributed by atoms with Gasteiger partial charge < -0.3 is 5.11 Å². The van der Waals surface area contributed by atoms with Crippen molar-refractivity contribution < 1.29 is 5.11 Å². The van der Waals surface area contributed by atoms with Gasteiger partial charge >= 0.3 is 0 Å². The van der Waals surface area contributed by atoms with Crippen molar-refractivity contribution in [2.24, 2.45) is 0 Å². The first kappa shape index (κ1) is 28.0. The minimum Gasteiger partial charge on any atom is -0.505 e. The van der Waals surface area contributed by atoms with Crippen LogP contribution in [0.15, 0.2) is 30.3 Å². The molecule has 5 heteroatoms. The molecule has 0 bridgehead atoms. The van der Waals surface area contributed by atoms with E-state index in [-0.39, 0.29) is 5.75 Å². The molecule has 32 heavy (non-hydrogen) atoms. The van der Waals surface area contributed by atoms with Crippen molar-refractivity contribution in [2.45, 2.75) is 99.3 Å². The molecule has 1 heterocycles. The number of unbranched alkanes of at least 4 members (excludes halogenated alkanes) is 6. The first-order chi connectivity index (χ1) is 15.5. The van der Waals surface area contributed by atoms with Crippen LogP contribution in [0.1, 0.15) is 97.1 Å². The number of phenolic OH excluding ortho intramolecular Hbond substituents is 1. The second-order valence-corrected chi connectivity index (χ2v) is 8.36. The highest BCUT2D eigenvalue weighted by Crippen LogP contribution is 2.28. The molecule has 0 aliphatic rings. The van der Waals surface area contributed by atoms with E-state index in [1.54, 1.807) is 12.1 Å². The average molecular weight is 460 g/mol. The molecule has 2 aromatic carbocycles. The Kier molecular flexibility index (Phi) is 13.7. The van der Waals surface area contributed by atoms with Gasteiger partial charge in [0, 0.05) is 5.02 Å². The Bertz CT molecular complexity index is 915. The Labute approximate surface area is 200 Å². The molecule has 0 radical (unpaired) electrons. The predicted octanol–water partition coefficient (Wildman–Crippen LogP) is 8.82. The van der Waals surface area contributed by atoms with Gasteiger partial charge in [0.25, 0.3) is 0 Å². The highest BCUT2D eigenvalue weighted by molar-refractivity contribution is 6.31. The molecule has 0 saturated heterocycles. The molecule has 0 spiro atoms. The zero-order chi connectivity index (χ0) is 23.9. The quantitative estimate of drug-likeness (QED) is 0.325. The first-order valence-corrected chi connectivity index (χ1v) is 12.7. The molecule has 178 valence electrons. The van der Waals surface area contributed by atoms with E-state index in [4.69, 9.17) is 11.6 Å². The van der Waals surface area contributed by atoms with Crippen LogP contribution in [0.2, 0.25) is 5.02 Å². The highest BCUT2D eigenvalue weighted by Gasteiger charge is 2.12. The van der Waals surface area contributed by atoms with E-state index in [1.807, 2.05) is 39.0 Å². The second kappa shape index (κ2) is 15.7. The Morgan fingerprint density at radius 2 is 1.41 bits per heavy atom. The standard InChI is InChI=1S/C16H16ClN3O.C9H20.C2H6/c1-3-4-11-7-10(2)16(21)15(8-11)20-18-13-6-5-12(17)9-14(13)19-20;1-3-5-7-9-8-6-4-2;1-2/h5-9,21H,3-4H2,1-2H3;3-9H2,1-2H3;1-2H3. The number of nitrogens with zero attached hydrogens (tertiary/aromatic N) is 3. The largest absolute Gasteiger partial charge is 0.505 e. The van der Waals surface area contributed by atoms with Crippen LogP contribution in [0.25, 0.3) is 16.7 Å². The molecule has 0 saturated carbocycles. The van der Waals surface area contributed by atoms with E-state index in [0.717, 1.165) is 23.9 Å². The molecule has 3 aromatic rings. The molecule has 0 atom stereocenters. The van der Waals surface area contributed by atoms with Gasteiger partial charge in [-0.05, 0) is 48.7 Å². The number of hydrogen-bond donors (Lipinski definition) is 1. The topological polar surface area (TPSA) is 50.9 Å². The van der Waals surface area contributed by atoms with Gasteiger partial charge in [-0.15, -0.1) is 15.0 Å². The summed E-state index contributed by atoms with van der Waals surface area (Å²) in [4.78, 5) is 1.47. The summed E-state index contributed by atoms with van der Waals surface area (Å²) in [5, 5.41) is 19.7. The fourth-order valence-electron chi connectivity index (χ4n) is 3.45. The van der Waals surface area contributed by atoms with Crippen LogP contribution in [0.3, 0.4) is 0 Å². The normalized spacial score (nSPS) is 10.3. The highest BCUT2D eigenvalue weighted by atomic mass is 35.5. The monoisotopic (exact) mass is 459 g/mol. The number of hydrogen-bond acceptors (Lipinski definition) is 3. The number of aromatic nitrogens is 3. The fourth-order valence-corrected chi connectivity index (χ4v) is 3.61. The summed E-state index contributed by atoms with van der Waals surface area (Å²) in [5.41, 5.74) is 4.06. The number of rotatable bonds is 9. The summed E-state index contributed by atoms with van der Waals surface area (Å²) in [6.07, 6.45) is 12.0. The van der Waals surface area contributed by atoms with Gasteiger partial charge in [0.15, 0.2) is 0 Å². The van der Waals surface area contributed by atoms with Crippen molar-refractivity contribution in [3.63, 3.8) is 0 Å². The molecule has 0 aliphatic heterocycles. The van der Waals surface area contributed by atoms with E-state index in [0.29, 0.717) is 16.2 Å². The summed E-state index contributed by atoms with van der Waals surface area (Å²) in [6, 6.07) is 9.30. The van der Waals surface area contributed by atoms with Crippen LogP contribution in [-0.2, 0) is 6.42 Å². The van der Waals surface area contributed by atoms with Crippen LogP contribution >= 0.6 is 11.6 Å². The third kappa shape index (κ3) is 8.82. The average Bonchev–Trinajstić information content (AvgIpc) is 3.21. The van der Waals surface area contributed by atoms with Gasteiger partial charge in [-0.2, -0.15) is 0 Å². The minimum atomic E-state index is 0.209. The first-order valence-electron chi connectivity index (χ1n) is 12.4. The van der Waals surface area contributed by atoms with Gasteiger partial charge in [0.1, 0.15) is 22.5 Å². The Morgan fingerprint density at radius 3 is 2.00 bits per heavy atom. The minimum absolute atomic E-state index is 0.209. The maximum atomic E-state index is 10.3. The summed E-state index contributed by atoms with van der Waals surface area (Å²) in [5.74, 6) is 0.209. The van der Waals surface area contributed by atoms with E-state index in [9.17, 15) is 5.11 Å². The molecule has 1 N–H and O–H groups in total. The smallest absolute Gasteiger partial charge is 0.146 e. The molecule has 0 amide bonds. The fraction of sp³-hybridized carbons (Fsp3) is 0.556. The SMILES string of the molecule is CC.CCCCCCCCC.CCCc1cc(C)c(O)c(-n2nc3ccc(Cl)cc3n2)c1. The lowest BCUT2D eigenvalue weighted by Crippen LogP contribution is -2.01. The van der Waals surface area contributed by atoms with Crippen LogP contribution < -0.4 is 0 Å². The number of halogens is 1. The zero-order valence-electron chi connectivity index (χ0n) is 20.9. The molecular formula is C27H42ClN3O. The molecule has 4 nitrogen and oxygen atoms in total. The summed E-state index contributed by atoms with van der Waals surface area (Å²) < 4.78 is 0. The number of phenols is 1. The van der Waals surface area contributed by atoms with E-state index in [1.165, 1.54) is 55.3 Å². The second-order valence-electron chi connectivity index (χ2n) is 7.92. The van der Waals surface area contributed by atoms with Gasteiger partial charge in [-0.1, -0.05) is 104 Å². The predicted molar refractivity (Wildman–Crippen MR) is 139 cm³/mol. The van der Waals surface area contributed by atoms with E-state index >= 15 is 0 Å². The van der Waals surface area contributed by atoms with Crippen molar-refractivity contribution >= 4 is 22.6 Å². The third-order valence-corrected chi connectivity index (χ3v) is 5.38. The molecule has 3 rings (SSSR count). The van der Waals surface area contributed by atoms with Crippen molar-refractivity contribution in [1.82, 2.24) is 15.0 Å². The lowest BCUT2D eigenvalue weighted by Gasteiger charge is -2.09.